The van der Waals surface area contributed by atoms with E-state index in [0.29, 0.717) is 18.7 Å². The molecule has 2 aliphatic rings. The average molecular weight is 395 g/mol. The van der Waals surface area contributed by atoms with Crippen LogP contribution in [0, 0.1) is 5.92 Å². The van der Waals surface area contributed by atoms with E-state index in [4.69, 9.17) is 5.73 Å². The highest BCUT2D eigenvalue weighted by molar-refractivity contribution is 5.80. The molecule has 2 atom stereocenters. The molecule has 150 valence electrons. The van der Waals surface area contributed by atoms with Crippen LogP contribution in [0.3, 0.4) is 0 Å². The van der Waals surface area contributed by atoms with Gasteiger partial charge in [0, 0.05) is 24.9 Å². The molecular weight excluding hydrogens is 375 g/mol. The lowest BCUT2D eigenvalue weighted by Gasteiger charge is -2.13. The van der Waals surface area contributed by atoms with Gasteiger partial charge in [-0.2, -0.15) is 23.3 Å². The number of aromatic nitrogens is 4. The average Bonchev–Trinajstić information content (AvgIpc) is 3.53. The van der Waals surface area contributed by atoms with E-state index in [1.165, 1.54) is 0 Å². The molecule has 0 radical (unpaired) electrons. The van der Waals surface area contributed by atoms with Gasteiger partial charge in [-0.15, -0.1) is 0 Å². The van der Waals surface area contributed by atoms with Crippen LogP contribution < -0.4 is 16.4 Å². The molecule has 4 N–H and O–H groups in total. The van der Waals surface area contributed by atoms with Gasteiger partial charge in [0.25, 0.3) is 0 Å². The van der Waals surface area contributed by atoms with Crippen LogP contribution in [0.2, 0.25) is 0 Å². The van der Waals surface area contributed by atoms with E-state index in [1.807, 2.05) is 0 Å². The summed E-state index contributed by atoms with van der Waals surface area (Å²) >= 11 is 0. The van der Waals surface area contributed by atoms with Gasteiger partial charge in [0.2, 0.25) is 11.9 Å². The van der Waals surface area contributed by atoms with Crippen molar-refractivity contribution in [1.82, 2.24) is 19.7 Å². The Morgan fingerprint density at radius 2 is 2.14 bits per heavy atom. The Kier molecular flexibility index (Phi) is 4.39. The van der Waals surface area contributed by atoms with Gasteiger partial charge >= 0.3 is 6.18 Å². The number of nitrogens with two attached hydrogens (primary N) is 1. The molecule has 0 saturated heterocycles. The highest BCUT2D eigenvalue weighted by Gasteiger charge is 2.45. The zero-order chi connectivity index (χ0) is 20.1. The quantitative estimate of drug-likeness (QED) is 0.665. The van der Waals surface area contributed by atoms with Crippen LogP contribution in [0.5, 0.6) is 0 Å². The summed E-state index contributed by atoms with van der Waals surface area (Å²) in [5, 5.41) is 10.2. The van der Waals surface area contributed by atoms with Gasteiger partial charge in [-0.1, -0.05) is 0 Å². The number of anilines is 3. The first kappa shape index (κ1) is 18.5. The molecule has 2 unspecified atom stereocenters. The van der Waals surface area contributed by atoms with Crippen molar-refractivity contribution in [2.24, 2.45) is 11.7 Å². The molecule has 4 rings (SSSR count). The van der Waals surface area contributed by atoms with Gasteiger partial charge in [0.1, 0.15) is 11.4 Å². The van der Waals surface area contributed by atoms with Crippen molar-refractivity contribution in [3.63, 3.8) is 0 Å². The largest absolute Gasteiger partial charge is 0.421 e. The van der Waals surface area contributed by atoms with Crippen LogP contribution in [0.15, 0.2) is 12.4 Å². The van der Waals surface area contributed by atoms with Crippen LogP contribution in [0.1, 0.15) is 49.4 Å². The third kappa shape index (κ3) is 3.60. The van der Waals surface area contributed by atoms with Crippen LogP contribution >= 0.6 is 0 Å². The summed E-state index contributed by atoms with van der Waals surface area (Å²) in [5.74, 6) is -0.527. The zero-order valence-electron chi connectivity index (χ0n) is 15.1. The zero-order valence-corrected chi connectivity index (χ0v) is 15.1. The Hall–Kier alpha value is -2.85. The first-order valence-electron chi connectivity index (χ1n) is 9.11. The molecule has 11 heteroatoms. The predicted molar refractivity (Wildman–Crippen MR) is 95.0 cm³/mol. The van der Waals surface area contributed by atoms with Crippen LogP contribution in [-0.2, 0) is 11.0 Å². The molecule has 1 amide bonds. The Morgan fingerprint density at radius 1 is 1.39 bits per heavy atom. The SMILES string of the molecule is CCNc1nc(Nc2cn(C3CC3C(N)=O)nc2C2CC2)ncc1C(F)(F)F. The van der Waals surface area contributed by atoms with Gasteiger partial charge in [0.15, 0.2) is 0 Å². The molecule has 0 bridgehead atoms. The first-order valence-corrected chi connectivity index (χ1v) is 9.11. The maximum Gasteiger partial charge on any atom is 0.421 e. The summed E-state index contributed by atoms with van der Waals surface area (Å²) in [6.07, 6.45) is 0.587. The van der Waals surface area contributed by atoms with E-state index in [-0.39, 0.29) is 35.6 Å². The van der Waals surface area contributed by atoms with Crippen molar-refractivity contribution >= 4 is 23.4 Å². The molecule has 0 spiro atoms. The second-order valence-electron chi connectivity index (χ2n) is 7.10. The lowest BCUT2D eigenvalue weighted by Crippen LogP contribution is -2.15. The molecule has 2 aromatic rings. The minimum absolute atomic E-state index is 0.0487. The third-order valence-electron chi connectivity index (χ3n) is 4.87. The van der Waals surface area contributed by atoms with E-state index in [9.17, 15) is 18.0 Å². The van der Waals surface area contributed by atoms with Crippen molar-refractivity contribution in [1.29, 1.82) is 0 Å². The molecular formula is C17H20F3N7O. The number of amides is 1. The van der Waals surface area contributed by atoms with Crippen molar-refractivity contribution in [3.05, 3.63) is 23.7 Å². The van der Waals surface area contributed by atoms with Gasteiger partial charge < -0.3 is 16.4 Å². The van der Waals surface area contributed by atoms with Crippen molar-refractivity contribution in [3.8, 4) is 0 Å². The van der Waals surface area contributed by atoms with Crippen molar-refractivity contribution < 1.29 is 18.0 Å². The second-order valence-corrected chi connectivity index (χ2v) is 7.10. The van der Waals surface area contributed by atoms with E-state index in [0.717, 1.165) is 24.7 Å². The molecule has 2 aliphatic carbocycles. The van der Waals surface area contributed by atoms with Crippen molar-refractivity contribution in [2.45, 2.75) is 44.3 Å². The fourth-order valence-corrected chi connectivity index (χ4v) is 3.18. The minimum atomic E-state index is -4.55. The Balaban J connectivity index is 1.61. The molecule has 28 heavy (non-hydrogen) atoms. The maximum atomic E-state index is 13.1. The molecule has 2 aromatic heterocycles. The van der Waals surface area contributed by atoms with Crippen LogP contribution in [0.25, 0.3) is 0 Å². The first-order chi connectivity index (χ1) is 13.3. The molecule has 0 aliphatic heterocycles. The number of alkyl halides is 3. The summed E-state index contributed by atoms with van der Waals surface area (Å²) in [4.78, 5) is 19.2. The molecule has 2 heterocycles. The molecule has 0 aromatic carbocycles. The van der Waals surface area contributed by atoms with E-state index >= 15 is 0 Å². The number of rotatable bonds is 7. The van der Waals surface area contributed by atoms with Gasteiger partial charge in [-0.25, -0.2) is 4.98 Å². The van der Waals surface area contributed by atoms with Crippen LogP contribution in [0.4, 0.5) is 30.6 Å². The second kappa shape index (κ2) is 6.64. The highest BCUT2D eigenvalue weighted by atomic mass is 19.4. The topological polar surface area (TPSA) is 111 Å². The number of hydrogen-bond acceptors (Lipinski definition) is 6. The fraction of sp³-hybridized carbons (Fsp3) is 0.529. The van der Waals surface area contributed by atoms with Gasteiger partial charge in [0.05, 0.1) is 23.3 Å². The molecule has 8 nitrogen and oxygen atoms in total. The Bertz CT molecular complexity index is 907. The van der Waals surface area contributed by atoms with E-state index in [2.05, 4.69) is 25.7 Å². The normalized spacial score (nSPS) is 21.4. The van der Waals surface area contributed by atoms with Gasteiger partial charge in [-0.05, 0) is 26.2 Å². The summed E-state index contributed by atoms with van der Waals surface area (Å²) < 4.78 is 41.1. The third-order valence-corrected chi connectivity index (χ3v) is 4.87. The van der Waals surface area contributed by atoms with E-state index < -0.39 is 11.7 Å². The Labute approximate surface area is 158 Å². The molecule has 2 saturated carbocycles. The summed E-state index contributed by atoms with van der Waals surface area (Å²) in [6.45, 7) is 1.98. The lowest BCUT2D eigenvalue weighted by molar-refractivity contribution is -0.137. The Morgan fingerprint density at radius 3 is 2.71 bits per heavy atom. The molecule has 2 fully saturated rings. The van der Waals surface area contributed by atoms with Crippen molar-refractivity contribution in [2.75, 3.05) is 17.2 Å². The number of nitrogens with zero attached hydrogens (tertiary/aromatic N) is 4. The van der Waals surface area contributed by atoms with Crippen LogP contribution in [-0.4, -0.2) is 32.2 Å². The number of carbonyl (C=O) groups excluding carboxylic acids is 1. The predicted octanol–water partition coefficient (Wildman–Crippen LogP) is 2.79. The summed E-state index contributed by atoms with van der Waals surface area (Å²) in [6, 6.07) is -0.0728. The maximum absolute atomic E-state index is 13.1. The fourth-order valence-electron chi connectivity index (χ4n) is 3.18. The smallest absolute Gasteiger partial charge is 0.370 e. The number of nitrogens with one attached hydrogen (secondary N) is 2. The van der Waals surface area contributed by atoms with Gasteiger partial charge in [-0.3, -0.25) is 9.48 Å². The monoisotopic (exact) mass is 395 g/mol. The lowest BCUT2D eigenvalue weighted by atomic mass is 10.2. The highest BCUT2D eigenvalue weighted by Crippen LogP contribution is 2.47. The minimum Gasteiger partial charge on any atom is -0.370 e. The number of hydrogen-bond donors (Lipinski definition) is 3. The number of halogens is 3. The standard InChI is InChI=1S/C17H20F3N7O/c1-2-22-15-10(17(18,19)20)6-23-16(25-15)24-11-7-27(12-5-9(12)14(21)28)26-13(11)8-3-4-8/h6-9,12H,2-5H2,1H3,(H2,21,28)(H2,22,23,24,25). The summed E-state index contributed by atoms with van der Waals surface area (Å²) in [7, 11) is 0. The number of primary amides is 1. The summed E-state index contributed by atoms with van der Waals surface area (Å²) in [5.41, 5.74) is 5.88. The van der Waals surface area contributed by atoms with E-state index in [1.54, 1.807) is 17.8 Å². The number of carbonyl (C=O) groups is 1.